The fourth-order valence-corrected chi connectivity index (χ4v) is 6.41. The maximum absolute atomic E-state index is 14.8. The van der Waals surface area contributed by atoms with Crippen LogP contribution in [0.4, 0.5) is 10.1 Å². The number of aromatic nitrogens is 3. The largest absolute Gasteiger partial charge is 0.477 e. The van der Waals surface area contributed by atoms with Crippen molar-refractivity contribution in [3.8, 4) is 16.4 Å². The summed E-state index contributed by atoms with van der Waals surface area (Å²) >= 11 is 1.04. The van der Waals surface area contributed by atoms with Crippen LogP contribution in [0.5, 0.6) is 0 Å². The summed E-state index contributed by atoms with van der Waals surface area (Å²) in [6, 6.07) is 12.0. The third-order valence-corrected chi connectivity index (χ3v) is 9.24. The van der Waals surface area contributed by atoms with Crippen LogP contribution in [0, 0.1) is 11.7 Å². The van der Waals surface area contributed by atoms with Crippen LogP contribution in [-0.2, 0) is 27.6 Å². The van der Waals surface area contributed by atoms with Gasteiger partial charge in [0, 0.05) is 36.3 Å². The van der Waals surface area contributed by atoms with Gasteiger partial charge in [-0.15, -0.1) is 0 Å². The van der Waals surface area contributed by atoms with E-state index in [1.54, 1.807) is 10.7 Å². The molecule has 10 nitrogen and oxygen atoms in total. The molecule has 1 saturated carbocycles. The topological polar surface area (TPSA) is 141 Å². The van der Waals surface area contributed by atoms with E-state index < -0.39 is 26.7 Å². The van der Waals surface area contributed by atoms with E-state index in [-0.39, 0.29) is 11.3 Å². The number of hydrogen-bond donors (Lipinski definition) is 2. The molecule has 0 bridgehead atoms. The Balaban J connectivity index is 1.49. The molecule has 3 heterocycles. The zero-order chi connectivity index (χ0) is 28.7. The van der Waals surface area contributed by atoms with Gasteiger partial charge in [0.15, 0.2) is 0 Å². The Labute approximate surface area is 240 Å². The lowest BCUT2D eigenvalue weighted by Crippen LogP contribution is -2.36. The van der Waals surface area contributed by atoms with Gasteiger partial charge in [0.05, 0.1) is 30.8 Å². The zero-order valence-electron chi connectivity index (χ0n) is 22.0. The van der Waals surface area contributed by atoms with Gasteiger partial charge in [-0.2, -0.15) is 5.10 Å². The number of anilines is 1. The number of rotatable bonds is 9. The first kappa shape index (κ1) is 27.5. The second-order valence-electron chi connectivity index (χ2n) is 10.3. The van der Waals surface area contributed by atoms with Crippen molar-refractivity contribution in [3.63, 3.8) is 0 Å². The summed E-state index contributed by atoms with van der Waals surface area (Å²) < 4.78 is 45.6. The molecule has 6 rings (SSSR count). The summed E-state index contributed by atoms with van der Waals surface area (Å²) in [5.41, 5.74) is 4.85. The summed E-state index contributed by atoms with van der Waals surface area (Å²) in [7, 11) is -4.20. The van der Waals surface area contributed by atoms with Crippen molar-refractivity contribution in [2.24, 2.45) is 11.1 Å². The number of morpholine rings is 1. The molecule has 1 aliphatic carbocycles. The van der Waals surface area contributed by atoms with Crippen molar-refractivity contribution < 1.29 is 27.4 Å². The van der Waals surface area contributed by atoms with E-state index in [4.69, 9.17) is 15.0 Å². The highest BCUT2D eigenvalue weighted by Gasteiger charge is 2.30. The number of carboxylic acids is 1. The molecule has 0 amide bonds. The van der Waals surface area contributed by atoms with Crippen LogP contribution in [0.25, 0.3) is 16.4 Å². The summed E-state index contributed by atoms with van der Waals surface area (Å²) in [5, 5.41) is 20.1. The number of carboxylic acid groups (broad SMARTS) is 1. The van der Waals surface area contributed by atoms with Crippen molar-refractivity contribution in [3.05, 3.63) is 76.2 Å². The van der Waals surface area contributed by atoms with Crippen molar-refractivity contribution in [1.29, 1.82) is 0 Å². The Bertz CT molecular complexity index is 1730. The number of nitrogens with zero attached hydrogens (tertiary/aromatic N) is 4. The molecule has 2 aromatic carbocycles. The quantitative estimate of drug-likeness (QED) is 0.296. The minimum atomic E-state index is -4.20. The number of thiazole rings is 1. The molecule has 0 spiro atoms. The molecular weight excluding hydrogens is 569 g/mol. The molecule has 2 aliphatic rings. The van der Waals surface area contributed by atoms with Gasteiger partial charge in [-0.05, 0) is 55.0 Å². The van der Waals surface area contributed by atoms with Gasteiger partial charge < -0.3 is 14.7 Å². The monoisotopic (exact) mass is 597 g/mol. The maximum Gasteiger partial charge on any atom is 0.347 e. The van der Waals surface area contributed by atoms with Gasteiger partial charge in [-0.3, -0.25) is 0 Å². The summed E-state index contributed by atoms with van der Waals surface area (Å²) in [6.45, 7) is 2.83. The van der Waals surface area contributed by atoms with Gasteiger partial charge in [-0.1, -0.05) is 29.5 Å². The minimum absolute atomic E-state index is 0.103. The third-order valence-electron chi connectivity index (χ3n) is 7.33. The van der Waals surface area contributed by atoms with E-state index in [0.29, 0.717) is 41.9 Å². The van der Waals surface area contributed by atoms with Crippen molar-refractivity contribution >= 4 is 33.0 Å². The molecule has 0 unspecified atom stereocenters. The van der Waals surface area contributed by atoms with Crippen molar-refractivity contribution in [2.45, 2.75) is 30.6 Å². The van der Waals surface area contributed by atoms with E-state index >= 15 is 0 Å². The maximum atomic E-state index is 14.8. The minimum Gasteiger partial charge on any atom is -0.477 e. The van der Waals surface area contributed by atoms with Gasteiger partial charge in [0.1, 0.15) is 15.6 Å². The van der Waals surface area contributed by atoms with E-state index in [2.05, 4.69) is 16.0 Å². The normalized spacial score (nSPS) is 15.8. The van der Waals surface area contributed by atoms with Crippen LogP contribution >= 0.6 is 11.3 Å². The highest BCUT2D eigenvalue weighted by molar-refractivity contribution is 7.89. The molecule has 1 aliphatic heterocycles. The standard InChI is InChI=1S/C28H28FN5O5S2/c29-22-13-18(6-7-25(22)41(30,37)38)12-21-23(14-17-4-5-17)34(28-31-16-24(40-28)27(35)36)32-26(21)19-2-1-3-20(15-19)33-8-10-39-11-9-33/h1-3,6-7,13,15-17H,4-5,8-12,14H2,(H,35,36)(H2,30,37,38). The molecular formula is C28H28FN5O5S2. The Kier molecular flexibility index (Phi) is 7.36. The van der Waals surface area contributed by atoms with E-state index in [0.717, 1.165) is 59.8 Å². The van der Waals surface area contributed by atoms with Crippen LogP contribution in [-0.4, -0.2) is 60.6 Å². The lowest BCUT2D eigenvalue weighted by Gasteiger charge is -2.29. The first-order valence-corrected chi connectivity index (χ1v) is 15.6. The number of carbonyl (C=O) groups is 1. The molecule has 1 saturated heterocycles. The zero-order valence-corrected chi connectivity index (χ0v) is 23.6. The summed E-state index contributed by atoms with van der Waals surface area (Å²) in [6.07, 6.45) is 4.44. The summed E-state index contributed by atoms with van der Waals surface area (Å²) in [4.78, 5) is 17.8. The van der Waals surface area contributed by atoms with Crippen molar-refractivity contribution in [2.75, 3.05) is 31.2 Å². The number of sulfonamides is 1. The lowest BCUT2D eigenvalue weighted by molar-refractivity contribution is 0.0702. The molecule has 3 N–H and O–H groups in total. The molecule has 0 radical (unpaired) electrons. The van der Waals surface area contributed by atoms with Crippen LogP contribution in [0.1, 0.15) is 39.3 Å². The van der Waals surface area contributed by atoms with Gasteiger partial charge in [0.25, 0.3) is 0 Å². The summed E-state index contributed by atoms with van der Waals surface area (Å²) in [5.74, 6) is -1.52. The average molecular weight is 598 g/mol. The van der Waals surface area contributed by atoms with Crippen LogP contribution in [0.15, 0.2) is 53.6 Å². The predicted octanol–water partition coefficient (Wildman–Crippen LogP) is 3.86. The highest BCUT2D eigenvalue weighted by atomic mass is 32.2. The van der Waals surface area contributed by atoms with Gasteiger partial charge >= 0.3 is 5.97 Å². The number of hydrogen-bond acceptors (Lipinski definition) is 8. The van der Waals surface area contributed by atoms with Gasteiger partial charge in [0.2, 0.25) is 15.2 Å². The Morgan fingerprint density at radius 1 is 1.17 bits per heavy atom. The fourth-order valence-electron chi connectivity index (χ4n) is 5.09. The molecule has 13 heteroatoms. The molecule has 214 valence electrons. The molecule has 41 heavy (non-hydrogen) atoms. The van der Waals surface area contributed by atoms with E-state index in [1.165, 1.54) is 18.3 Å². The molecule has 2 aromatic heterocycles. The second kappa shape index (κ2) is 11.0. The SMILES string of the molecule is NS(=O)(=O)c1ccc(Cc2c(-c3cccc(N4CCOCC4)c3)nn(-c3ncc(C(=O)O)s3)c2CC2CC2)cc1F. The van der Waals surface area contributed by atoms with E-state index in [9.17, 15) is 22.7 Å². The molecule has 4 aromatic rings. The predicted molar refractivity (Wildman–Crippen MR) is 152 cm³/mol. The number of ether oxygens (including phenoxy) is 1. The highest BCUT2D eigenvalue weighted by Crippen LogP contribution is 2.39. The number of nitrogens with two attached hydrogens (primary N) is 1. The Hall–Kier alpha value is -3.65. The first-order valence-electron chi connectivity index (χ1n) is 13.2. The first-order chi connectivity index (χ1) is 19.7. The molecule has 0 atom stereocenters. The van der Waals surface area contributed by atoms with Crippen LogP contribution < -0.4 is 10.0 Å². The lowest BCUT2D eigenvalue weighted by atomic mass is 9.96. The number of aromatic carboxylic acids is 1. The third kappa shape index (κ3) is 5.89. The smallest absolute Gasteiger partial charge is 0.347 e. The van der Waals surface area contributed by atoms with Crippen molar-refractivity contribution in [1.82, 2.24) is 14.8 Å². The number of primary sulfonamides is 1. The Morgan fingerprint density at radius 3 is 2.61 bits per heavy atom. The van der Waals surface area contributed by atoms with Crippen LogP contribution in [0.3, 0.4) is 0 Å². The fraction of sp³-hybridized carbons (Fsp3) is 0.321. The number of benzene rings is 2. The van der Waals surface area contributed by atoms with Gasteiger partial charge in [-0.25, -0.2) is 32.4 Å². The van der Waals surface area contributed by atoms with E-state index in [1.807, 2.05) is 18.2 Å². The average Bonchev–Trinajstić information content (AvgIpc) is 3.50. The van der Waals surface area contributed by atoms with Crippen LogP contribution in [0.2, 0.25) is 0 Å². The number of halogens is 1. The Morgan fingerprint density at radius 2 is 1.95 bits per heavy atom. The molecule has 2 fully saturated rings. The second-order valence-corrected chi connectivity index (χ2v) is 12.8.